The molecule has 0 spiro atoms. The van der Waals surface area contributed by atoms with Crippen molar-refractivity contribution in [3.63, 3.8) is 0 Å². The van der Waals surface area contributed by atoms with Gasteiger partial charge in [-0.1, -0.05) is 17.7 Å². The van der Waals surface area contributed by atoms with Crippen LogP contribution in [0.3, 0.4) is 0 Å². The average molecular weight is 269 g/mol. The zero-order valence-corrected chi connectivity index (χ0v) is 12.0. The van der Waals surface area contributed by atoms with Crippen LogP contribution >= 0.6 is 11.6 Å². The fourth-order valence-corrected chi connectivity index (χ4v) is 2.58. The van der Waals surface area contributed by atoms with Gasteiger partial charge < -0.3 is 15.3 Å². The van der Waals surface area contributed by atoms with Gasteiger partial charge >= 0.3 is 0 Å². The number of hydrogen-bond acceptors (Lipinski definition) is 3. The maximum atomic E-state index is 9.98. The summed E-state index contributed by atoms with van der Waals surface area (Å²) in [5.74, 6) is 0. The van der Waals surface area contributed by atoms with E-state index in [0.717, 1.165) is 17.3 Å². The average Bonchev–Trinajstić information content (AvgIpc) is 2.41. The van der Waals surface area contributed by atoms with Crippen molar-refractivity contribution >= 4 is 17.3 Å². The van der Waals surface area contributed by atoms with Gasteiger partial charge in [0.1, 0.15) is 0 Å². The van der Waals surface area contributed by atoms with Gasteiger partial charge in [-0.3, -0.25) is 0 Å². The monoisotopic (exact) mass is 268 g/mol. The van der Waals surface area contributed by atoms with E-state index < -0.39 is 0 Å². The molecule has 0 radical (unpaired) electrons. The van der Waals surface area contributed by atoms with Crippen molar-refractivity contribution in [2.45, 2.75) is 32.4 Å². The minimum atomic E-state index is -0.356. The van der Waals surface area contributed by atoms with Crippen molar-refractivity contribution in [2.24, 2.45) is 0 Å². The molecule has 1 aromatic rings. The first-order chi connectivity index (χ1) is 8.37. The lowest BCUT2D eigenvalue weighted by Gasteiger charge is -2.32. The van der Waals surface area contributed by atoms with Crippen LogP contribution < -0.4 is 10.2 Å². The molecule has 0 saturated carbocycles. The van der Waals surface area contributed by atoms with Crippen LogP contribution in [0, 0.1) is 6.92 Å². The van der Waals surface area contributed by atoms with Crippen molar-refractivity contribution in [3.05, 3.63) is 28.8 Å². The smallest absolute Gasteiger partial charge is 0.0839 e. The standard InChI is InChI=1S/C14H21ClN2O/c1-10-4-5-11(15)6-13(10)17-8-12(18)7-16-14(2,3)9-17/h4-6,12,16,18H,7-9H2,1-3H3. The Labute approximate surface area is 114 Å². The largest absolute Gasteiger partial charge is 0.390 e. The molecular formula is C14H21ClN2O. The maximum absolute atomic E-state index is 9.98. The minimum Gasteiger partial charge on any atom is -0.390 e. The molecule has 1 fully saturated rings. The summed E-state index contributed by atoms with van der Waals surface area (Å²) in [5.41, 5.74) is 2.27. The van der Waals surface area contributed by atoms with E-state index in [-0.39, 0.29) is 11.6 Å². The van der Waals surface area contributed by atoms with E-state index in [4.69, 9.17) is 11.6 Å². The van der Waals surface area contributed by atoms with Crippen LogP contribution in [0.4, 0.5) is 5.69 Å². The molecule has 1 aliphatic heterocycles. The molecule has 1 heterocycles. The third-order valence-electron chi connectivity index (χ3n) is 3.35. The molecule has 0 aliphatic carbocycles. The third kappa shape index (κ3) is 3.16. The summed E-state index contributed by atoms with van der Waals surface area (Å²) in [5, 5.41) is 14.1. The van der Waals surface area contributed by atoms with Gasteiger partial charge in [-0.05, 0) is 38.5 Å². The lowest BCUT2D eigenvalue weighted by molar-refractivity contribution is 0.179. The van der Waals surface area contributed by atoms with Crippen molar-refractivity contribution in [2.75, 3.05) is 24.5 Å². The molecule has 0 amide bonds. The highest BCUT2D eigenvalue weighted by atomic mass is 35.5. The van der Waals surface area contributed by atoms with Crippen LogP contribution in [0.2, 0.25) is 5.02 Å². The maximum Gasteiger partial charge on any atom is 0.0839 e. The summed E-state index contributed by atoms with van der Waals surface area (Å²) in [6, 6.07) is 5.90. The first kappa shape index (κ1) is 13.7. The van der Waals surface area contributed by atoms with Crippen molar-refractivity contribution in [1.29, 1.82) is 0 Å². The van der Waals surface area contributed by atoms with Crippen molar-refractivity contribution < 1.29 is 5.11 Å². The molecule has 2 N–H and O–H groups in total. The Bertz CT molecular complexity index is 434. The SMILES string of the molecule is Cc1ccc(Cl)cc1N1CC(O)CNC(C)(C)C1. The van der Waals surface area contributed by atoms with Crippen molar-refractivity contribution in [3.8, 4) is 0 Å². The van der Waals surface area contributed by atoms with E-state index in [1.54, 1.807) is 0 Å². The van der Waals surface area contributed by atoms with E-state index in [1.165, 1.54) is 5.56 Å². The van der Waals surface area contributed by atoms with Crippen LogP contribution in [0.15, 0.2) is 18.2 Å². The Kier molecular flexibility index (Phi) is 3.85. The summed E-state index contributed by atoms with van der Waals surface area (Å²) < 4.78 is 0. The third-order valence-corrected chi connectivity index (χ3v) is 3.58. The molecule has 18 heavy (non-hydrogen) atoms. The molecule has 1 saturated heterocycles. The summed E-state index contributed by atoms with van der Waals surface area (Å²) in [6.07, 6.45) is -0.356. The van der Waals surface area contributed by atoms with Gasteiger partial charge in [0.05, 0.1) is 6.10 Å². The molecule has 1 aromatic carbocycles. The van der Waals surface area contributed by atoms with Crippen LogP contribution in [0.5, 0.6) is 0 Å². The Morgan fingerprint density at radius 3 is 2.89 bits per heavy atom. The Balaban J connectivity index is 2.32. The Morgan fingerprint density at radius 1 is 1.44 bits per heavy atom. The quantitative estimate of drug-likeness (QED) is 0.820. The summed E-state index contributed by atoms with van der Waals surface area (Å²) >= 11 is 6.08. The number of aliphatic hydroxyl groups excluding tert-OH is 1. The zero-order chi connectivity index (χ0) is 13.3. The second-order valence-electron chi connectivity index (χ2n) is 5.73. The molecule has 1 atom stereocenters. The number of halogens is 1. The fourth-order valence-electron chi connectivity index (χ4n) is 2.42. The number of nitrogens with one attached hydrogen (secondary N) is 1. The number of rotatable bonds is 1. The highest BCUT2D eigenvalue weighted by Crippen LogP contribution is 2.26. The fraction of sp³-hybridized carbons (Fsp3) is 0.571. The predicted octanol–water partition coefficient (Wildman–Crippen LogP) is 2.20. The number of nitrogens with zero attached hydrogens (tertiary/aromatic N) is 1. The number of aliphatic hydroxyl groups is 1. The van der Waals surface area contributed by atoms with E-state index in [9.17, 15) is 5.11 Å². The molecule has 4 heteroatoms. The van der Waals surface area contributed by atoms with Gasteiger partial charge in [0.25, 0.3) is 0 Å². The Morgan fingerprint density at radius 2 is 2.17 bits per heavy atom. The highest BCUT2D eigenvalue weighted by molar-refractivity contribution is 6.30. The van der Waals surface area contributed by atoms with Crippen LogP contribution in [-0.4, -0.2) is 36.4 Å². The van der Waals surface area contributed by atoms with E-state index >= 15 is 0 Å². The molecule has 0 aromatic heterocycles. The minimum absolute atomic E-state index is 0.0216. The number of anilines is 1. The summed E-state index contributed by atoms with van der Waals surface area (Å²) in [7, 11) is 0. The van der Waals surface area contributed by atoms with Gasteiger partial charge in [0, 0.05) is 35.9 Å². The number of β-amino-alcohol motifs (C(OH)–C–C–N with tert-alkyl or cyclic N) is 1. The van der Waals surface area contributed by atoms with Crippen LogP contribution in [0.25, 0.3) is 0 Å². The second-order valence-corrected chi connectivity index (χ2v) is 6.17. The summed E-state index contributed by atoms with van der Waals surface area (Å²) in [4.78, 5) is 2.21. The summed E-state index contributed by atoms with van der Waals surface area (Å²) in [6.45, 7) is 8.49. The zero-order valence-electron chi connectivity index (χ0n) is 11.2. The topological polar surface area (TPSA) is 35.5 Å². The lowest BCUT2D eigenvalue weighted by atomic mass is 10.0. The van der Waals surface area contributed by atoms with Gasteiger partial charge in [0.2, 0.25) is 0 Å². The van der Waals surface area contributed by atoms with Crippen LogP contribution in [0.1, 0.15) is 19.4 Å². The van der Waals surface area contributed by atoms with Crippen molar-refractivity contribution in [1.82, 2.24) is 5.32 Å². The van der Waals surface area contributed by atoms with E-state index in [1.807, 2.05) is 18.2 Å². The highest BCUT2D eigenvalue weighted by Gasteiger charge is 2.28. The molecule has 2 rings (SSSR count). The molecule has 1 unspecified atom stereocenters. The van der Waals surface area contributed by atoms with E-state index in [0.29, 0.717) is 13.1 Å². The molecule has 100 valence electrons. The number of hydrogen-bond donors (Lipinski definition) is 2. The number of aryl methyl sites for hydroxylation is 1. The predicted molar refractivity (Wildman–Crippen MR) is 76.5 cm³/mol. The van der Waals surface area contributed by atoms with E-state index in [2.05, 4.69) is 31.0 Å². The van der Waals surface area contributed by atoms with Gasteiger partial charge in [-0.2, -0.15) is 0 Å². The van der Waals surface area contributed by atoms with Gasteiger partial charge in [0.15, 0.2) is 0 Å². The number of benzene rings is 1. The second kappa shape index (κ2) is 5.08. The Hall–Kier alpha value is -0.770. The van der Waals surface area contributed by atoms with Gasteiger partial charge in [-0.15, -0.1) is 0 Å². The molecule has 1 aliphatic rings. The first-order valence-electron chi connectivity index (χ1n) is 6.31. The molecular weight excluding hydrogens is 248 g/mol. The molecule has 3 nitrogen and oxygen atoms in total. The normalized spacial score (nSPS) is 23.8. The lowest BCUT2D eigenvalue weighted by Crippen LogP contribution is -2.46. The van der Waals surface area contributed by atoms with Gasteiger partial charge in [-0.25, -0.2) is 0 Å². The molecule has 0 bridgehead atoms. The van der Waals surface area contributed by atoms with Crippen LogP contribution in [-0.2, 0) is 0 Å². The first-order valence-corrected chi connectivity index (χ1v) is 6.69.